The van der Waals surface area contributed by atoms with E-state index < -0.39 is 11.7 Å². The molecular formula is C13H16F3NO. The van der Waals surface area contributed by atoms with Gasteiger partial charge in [0.2, 0.25) is 0 Å². The summed E-state index contributed by atoms with van der Waals surface area (Å²) >= 11 is 0. The smallest absolute Gasteiger partial charge is 0.371 e. The Kier molecular flexibility index (Phi) is 3.92. The molecule has 1 aromatic rings. The van der Waals surface area contributed by atoms with Crippen molar-refractivity contribution >= 4 is 0 Å². The summed E-state index contributed by atoms with van der Waals surface area (Å²) in [5, 5.41) is 3.27. The summed E-state index contributed by atoms with van der Waals surface area (Å²) in [5.74, 6) is 0. The lowest BCUT2D eigenvalue weighted by Gasteiger charge is -2.30. The molecule has 2 rings (SSSR count). The fourth-order valence-electron chi connectivity index (χ4n) is 2.02. The number of hydrogen-bond donors (Lipinski definition) is 1. The molecule has 2 unspecified atom stereocenters. The molecule has 1 fully saturated rings. The Morgan fingerprint density at radius 3 is 2.72 bits per heavy atom. The topological polar surface area (TPSA) is 21.3 Å². The Hall–Kier alpha value is -1.07. The van der Waals surface area contributed by atoms with Gasteiger partial charge in [0, 0.05) is 12.6 Å². The first-order valence-electron chi connectivity index (χ1n) is 6.03. The fraction of sp³-hybridized carbons (Fsp3) is 0.538. The van der Waals surface area contributed by atoms with Crippen molar-refractivity contribution in [3.63, 3.8) is 0 Å². The SMILES string of the molecule is CCC1COC(c2cccc(C(F)(F)F)c2)CN1. The van der Waals surface area contributed by atoms with Crippen LogP contribution in [0.15, 0.2) is 24.3 Å². The van der Waals surface area contributed by atoms with Crippen LogP contribution < -0.4 is 5.32 Å². The van der Waals surface area contributed by atoms with Gasteiger partial charge in [0.15, 0.2) is 0 Å². The molecule has 2 atom stereocenters. The van der Waals surface area contributed by atoms with Crippen LogP contribution in [0, 0.1) is 0 Å². The molecule has 0 saturated carbocycles. The Balaban J connectivity index is 2.10. The summed E-state index contributed by atoms with van der Waals surface area (Å²) in [6.45, 7) is 3.14. The molecule has 0 amide bonds. The number of nitrogens with one attached hydrogen (secondary N) is 1. The number of hydrogen-bond acceptors (Lipinski definition) is 2. The van der Waals surface area contributed by atoms with Crippen molar-refractivity contribution in [3.8, 4) is 0 Å². The standard InChI is InChI=1S/C13H16F3NO/c1-2-11-8-18-12(7-17-11)9-4-3-5-10(6-9)13(14,15)16/h3-6,11-12,17H,2,7-8H2,1H3. The predicted molar refractivity (Wildman–Crippen MR) is 62.2 cm³/mol. The third kappa shape index (κ3) is 3.03. The molecule has 1 aliphatic rings. The van der Waals surface area contributed by atoms with Crippen LogP contribution in [-0.4, -0.2) is 19.2 Å². The van der Waals surface area contributed by atoms with Crippen LogP contribution in [0.4, 0.5) is 13.2 Å². The van der Waals surface area contributed by atoms with E-state index in [1.807, 2.05) is 6.92 Å². The Bertz CT molecular complexity index is 397. The molecule has 18 heavy (non-hydrogen) atoms. The van der Waals surface area contributed by atoms with Gasteiger partial charge in [0.25, 0.3) is 0 Å². The van der Waals surface area contributed by atoms with Crippen molar-refractivity contribution < 1.29 is 17.9 Å². The van der Waals surface area contributed by atoms with Crippen molar-refractivity contribution in [1.29, 1.82) is 0 Å². The maximum absolute atomic E-state index is 12.6. The second-order valence-electron chi connectivity index (χ2n) is 4.46. The number of benzene rings is 1. The first kappa shape index (κ1) is 13.4. The minimum atomic E-state index is -4.30. The molecule has 2 nitrogen and oxygen atoms in total. The molecule has 1 aliphatic heterocycles. The second-order valence-corrected chi connectivity index (χ2v) is 4.46. The van der Waals surface area contributed by atoms with E-state index in [1.54, 1.807) is 6.07 Å². The lowest BCUT2D eigenvalue weighted by atomic mass is 10.0. The van der Waals surface area contributed by atoms with Crippen molar-refractivity contribution in [2.24, 2.45) is 0 Å². The maximum Gasteiger partial charge on any atom is 0.416 e. The normalized spacial score (nSPS) is 25.1. The largest absolute Gasteiger partial charge is 0.416 e. The number of morpholine rings is 1. The predicted octanol–water partition coefficient (Wildman–Crippen LogP) is 3.14. The highest BCUT2D eigenvalue weighted by Crippen LogP contribution is 2.31. The quantitative estimate of drug-likeness (QED) is 0.881. The highest BCUT2D eigenvalue weighted by molar-refractivity contribution is 5.27. The van der Waals surface area contributed by atoms with Gasteiger partial charge in [-0.25, -0.2) is 0 Å². The van der Waals surface area contributed by atoms with E-state index in [1.165, 1.54) is 12.1 Å². The van der Waals surface area contributed by atoms with Crippen LogP contribution in [0.25, 0.3) is 0 Å². The van der Waals surface area contributed by atoms with Gasteiger partial charge in [-0.1, -0.05) is 19.1 Å². The number of rotatable bonds is 2. The van der Waals surface area contributed by atoms with Gasteiger partial charge in [-0.3, -0.25) is 0 Å². The van der Waals surface area contributed by atoms with Crippen molar-refractivity contribution in [2.75, 3.05) is 13.2 Å². The van der Waals surface area contributed by atoms with Gasteiger partial charge in [-0.2, -0.15) is 13.2 Å². The molecule has 0 spiro atoms. The van der Waals surface area contributed by atoms with E-state index in [0.717, 1.165) is 12.5 Å². The lowest BCUT2D eigenvalue weighted by molar-refractivity contribution is -0.137. The van der Waals surface area contributed by atoms with Crippen LogP contribution >= 0.6 is 0 Å². The summed E-state index contributed by atoms with van der Waals surface area (Å²) in [6.07, 6.45) is -3.64. The van der Waals surface area contributed by atoms with Crippen molar-refractivity contribution in [3.05, 3.63) is 35.4 Å². The van der Waals surface area contributed by atoms with Crippen molar-refractivity contribution in [1.82, 2.24) is 5.32 Å². The number of alkyl halides is 3. The highest BCUT2D eigenvalue weighted by Gasteiger charge is 2.31. The first-order chi connectivity index (χ1) is 8.50. The van der Waals surface area contributed by atoms with Gasteiger partial charge >= 0.3 is 6.18 Å². The molecule has 0 bridgehead atoms. The average molecular weight is 259 g/mol. The van der Waals surface area contributed by atoms with Crippen LogP contribution in [0.2, 0.25) is 0 Å². The zero-order valence-corrected chi connectivity index (χ0v) is 10.1. The van der Waals surface area contributed by atoms with Gasteiger partial charge in [-0.05, 0) is 24.1 Å². The average Bonchev–Trinajstić information content (AvgIpc) is 2.38. The van der Waals surface area contributed by atoms with Gasteiger partial charge in [0.1, 0.15) is 0 Å². The maximum atomic E-state index is 12.6. The van der Waals surface area contributed by atoms with Gasteiger partial charge in [0.05, 0.1) is 18.3 Å². The van der Waals surface area contributed by atoms with E-state index >= 15 is 0 Å². The van der Waals surface area contributed by atoms with Crippen molar-refractivity contribution in [2.45, 2.75) is 31.7 Å². The van der Waals surface area contributed by atoms with Crippen LogP contribution in [0.5, 0.6) is 0 Å². The molecule has 1 aromatic carbocycles. The Labute approximate surface area is 104 Å². The molecule has 0 radical (unpaired) electrons. The molecule has 100 valence electrons. The molecule has 5 heteroatoms. The minimum Gasteiger partial charge on any atom is -0.371 e. The zero-order chi connectivity index (χ0) is 13.2. The van der Waals surface area contributed by atoms with E-state index in [2.05, 4.69) is 5.32 Å². The summed E-state index contributed by atoms with van der Waals surface area (Å²) < 4.78 is 43.4. The molecule has 0 aliphatic carbocycles. The van der Waals surface area contributed by atoms with Gasteiger partial charge in [-0.15, -0.1) is 0 Å². The summed E-state index contributed by atoms with van der Waals surface area (Å²) in [6, 6.07) is 5.64. The minimum absolute atomic E-state index is 0.296. The highest BCUT2D eigenvalue weighted by atomic mass is 19.4. The van der Waals surface area contributed by atoms with Gasteiger partial charge < -0.3 is 10.1 Å². The molecule has 1 N–H and O–H groups in total. The molecular weight excluding hydrogens is 243 g/mol. The number of halogens is 3. The van der Waals surface area contributed by atoms with E-state index in [0.29, 0.717) is 24.8 Å². The lowest BCUT2D eigenvalue weighted by Crippen LogP contribution is -2.42. The summed E-state index contributed by atoms with van der Waals surface area (Å²) in [5.41, 5.74) is -0.0481. The molecule has 0 aromatic heterocycles. The van der Waals surface area contributed by atoms with Crippen LogP contribution in [-0.2, 0) is 10.9 Å². The van der Waals surface area contributed by atoms with E-state index in [-0.39, 0.29) is 6.10 Å². The van der Waals surface area contributed by atoms with E-state index in [4.69, 9.17) is 4.74 Å². The van der Waals surface area contributed by atoms with E-state index in [9.17, 15) is 13.2 Å². The fourth-order valence-corrected chi connectivity index (χ4v) is 2.02. The third-order valence-electron chi connectivity index (χ3n) is 3.17. The van der Waals surface area contributed by atoms with Crippen LogP contribution in [0.3, 0.4) is 0 Å². The summed E-state index contributed by atoms with van der Waals surface area (Å²) in [4.78, 5) is 0. The molecule has 1 saturated heterocycles. The number of ether oxygens (including phenoxy) is 1. The van der Waals surface area contributed by atoms with Crippen LogP contribution in [0.1, 0.15) is 30.6 Å². The molecule has 1 heterocycles. The summed E-state index contributed by atoms with van der Waals surface area (Å²) in [7, 11) is 0. The Morgan fingerprint density at radius 2 is 2.17 bits per heavy atom. The monoisotopic (exact) mass is 259 g/mol. The zero-order valence-electron chi connectivity index (χ0n) is 10.1. The first-order valence-corrected chi connectivity index (χ1v) is 6.03. The second kappa shape index (κ2) is 5.28. The third-order valence-corrected chi connectivity index (χ3v) is 3.17. The Morgan fingerprint density at radius 1 is 1.39 bits per heavy atom.